The number of pyridine rings is 1. The van der Waals surface area contributed by atoms with E-state index in [1.807, 2.05) is 17.5 Å². The second-order valence-electron chi connectivity index (χ2n) is 7.51. The lowest BCUT2D eigenvalue weighted by Gasteiger charge is -2.31. The van der Waals surface area contributed by atoms with Gasteiger partial charge in [0.25, 0.3) is 5.91 Å². The Kier molecular flexibility index (Phi) is 5.33. The van der Waals surface area contributed by atoms with Crippen LogP contribution in [-0.2, 0) is 6.54 Å². The first kappa shape index (κ1) is 19.9. The fourth-order valence-corrected chi connectivity index (χ4v) is 4.59. The lowest BCUT2D eigenvalue weighted by Crippen LogP contribution is -2.41. The summed E-state index contributed by atoms with van der Waals surface area (Å²) < 4.78 is 40.9. The number of carbonyl (C=O) groups excluding carboxylic acids is 1. The first-order valence-electron chi connectivity index (χ1n) is 9.54. The molecule has 1 fully saturated rings. The summed E-state index contributed by atoms with van der Waals surface area (Å²) in [4.78, 5) is 18.5. The molecule has 2 atom stereocenters. The Morgan fingerprint density at radius 2 is 2.21 bits per heavy atom. The summed E-state index contributed by atoms with van der Waals surface area (Å²) in [6, 6.07) is 5.15. The predicted octanol–water partition coefficient (Wildman–Crippen LogP) is 4.70. The molecule has 3 aromatic rings. The number of alkyl halides is 3. The van der Waals surface area contributed by atoms with E-state index in [-0.39, 0.29) is 18.7 Å². The molecule has 0 radical (unpaired) electrons. The quantitative estimate of drug-likeness (QED) is 0.663. The van der Waals surface area contributed by atoms with Gasteiger partial charge in [0.1, 0.15) is 0 Å². The van der Waals surface area contributed by atoms with Crippen LogP contribution >= 0.6 is 11.3 Å². The molecule has 5 nitrogen and oxygen atoms in total. The van der Waals surface area contributed by atoms with Crippen LogP contribution in [0.15, 0.2) is 29.8 Å². The lowest BCUT2D eigenvalue weighted by molar-refractivity contribution is -0.183. The molecule has 4 rings (SSSR count). The van der Waals surface area contributed by atoms with Crippen LogP contribution in [0, 0.1) is 12.8 Å². The zero-order valence-corrected chi connectivity index (χ0v) is 16.7. The third-order valence-corrected chi connectivity index (χ3v) is 6.20. The number of thiophene rings is 1. The highest BCUT2D eigenvalue weighted by Crippen LogP contribution is 2.37. The number of carbonyl (C=O) groups is 1. The Labute approximate surface area is 169 Å². The molecule has 3 aromatic heterocycles. The maximum atomic E-state index is 13.1. The number of rotatable bonds is 4. The van der Waals surface area contributed by atoms with E-state index in [0.29, 0.717) is 41.7 Å². The van der Waals surface area contributed by atoms with Crippen LogP contribution in [-0.4, -0.2) is 32.9 Å². The highest BCUT2D eigenvalue weighted by molar-refractivity contribution is 7.09. The van der Waals surface area contributed by atoms with E-state index in [0.717, 1.165) is 4.88 Å². The zero-order chi connectivity index (χ0) is 20.6. The van der Waals surface area contributed by atoms with Crippen LogP contribution < -0.4 is 5.32 Å². The van der Waals surface area contributed by atoms with Crippen molar-refractivity contribution in [3.8, 4) is 0 Å². The zero-order valence-electron chi connectivity index (χ0n) is 15.9. The maximum absolute atomic E-state index is 13.1. The highest BCUT2D eigenvalue weighted by atomic mass is 32.1. The molecule has 1 saturated carbocycles. The molecule has 9 heteroatoms. The molecule has 0 spiro atoms. The van der Waals surface area contributed by atoms with Crippen molar-refractivity contribution in [2.75, 3.05) is 0 Å². The Morgan fingerprint density at radius 1 is 1.38 bits per heavy atom. The maximum Gasteiger partial charge on any atom is 0.391 e. The topological polar surface area (TPSA) is 59.8 Å². The van der Waals surface area contributed by atoms with Gasteiger partial charge in [-0.05, 0) is 43.7 Å². The number of aromatic nitrogens is 3. The van der Waals surface area contributed by atoms with Crippen molar-refractivity contribution in [3.63, 3.8) is 0 Å². The summed E-state index contributed by atoms with van der Waals surface area (Å²) in [5.74, 6) is -1.72. The van der Waals surface area contributed by atoms with E-state index in [4.69, 9.17) is 0 Å². The number of fused-ring (bicyclic) bond motifs is 1. The normalized spacial score (nSPS) is 20.1. The van der Waals surface area contributed by atoms with E-state index in [1.54, 1.807) is 35.2 Å². The minimum absolute atomic E-state index is 0.0694. The summed E-state index contributed by atoms with van der Waals surface area (Å²) in [5, 5.41) is 9.77. The van der Waals surface area contributed by atoms with E-state index in [2.05, 4.69) is 15.4 Å². The van der Waals surface area contributed by atoms with Gasteiger partial charge >= 0.3 is 6.18 Å². The Hall–Kier alpha value is -2.42. The van der Waals surface area contributed by atoms with Crippen molar-refractivity contribution in [2.45, 2.75) is 51.4 Å². The van der Waals surface area contributed by atoms with Crippen LogP contribution in [0.2, 0.25) is 0 Å². The van der Waals surface area contributed by atoms with Crippen molar-refractivity contribution in [3.05, 3.63) is 45.9 Å². The van der Waals surface area contributed by atoms with Gasteiger partial charge in [-0.2, -0.15) is 18.3 Å². The number of amides is 1. The van der Waals surface area contributed by atoms with Crippen LogP contribution in [0.3, 0.4) is 0 Å². The van der Waals surface area contributed by atoms with Crippen molar-refractivity contribution < 1.29 is 18.0 Å². The molecule has 1 aliphatic carbocycles. The summed E-state index contributed by atoms with van der Waals surface area (Å²) in [6.45, 7) is 2.34. The van der Waals surface area contributed by atoms with Crippen molar-refractivity contribution in [2.24, 2.45) is 5.92 Å². The predicted molar refractivity (Wildman–Crippen MR) is 105 cm³/mol. The number of hydrogen-bond acceptors (Lipinski definition) is 4. The first-order chi connectivity index (χ1) is 13.8. The smallest absolute Gasteiger partial charge is 0.349 e. The standard InChI is InChI=1S/C20H21F3N4OS/c1-12-8-16(19(28)26-14-5-2-4-13(9-14)20(21,22)23)17-10-24-27(18(17)25-12)11-15-6-3-7-29-15/h3,6-8,10,13-14H,2,4-5,9,11H2,1H3,(H,26,28). The van der Waals surface area contributed by atoms with Crippen LogP contribution in [0.5, 0.6) is 0 Å². The summed E-state index contributed by atoms with van der Waals surface area (Å²) >= 11 is 1.61. The average Bonchev–Trinajstić information content (AvgIpc) is 3.31. The third kappa shape index (κ3) is 4.29. The van der Waals surface area contributed by atoms with Gasteiger partial charge in [-0.3, -0.25) is 4.79 Å². The van der Waals surface area contributed by atoms with Gasteiger partial charge in [0, 0.05) is 16.6 Å². The highest BCUT2D eigenvalue weighted by Gasteiger charge is 2.42. The molecule has 0 bridgehead atoms. The van der Waals surface area contributed by atoms with E-state index in [9.17, 15) is 18.0 Å². The summed E-state index contributed by atoms with van der Waals surface area (Å²) in [5.41, 5.74) is 1.66. The number of nitrogens with zero attached hydrogens (tertiary/aromatic N) is 3. The van der Waals surface area contributed by atoms with Gasteiger partial charge in [-0.15, -0.1) is 11.3 Å². The number of hydrogen-bond donors (Lipinski definition) is 1. The summed E-state index contributed by atoms with van der Waals surface area (Å²) in [6.07, 6.45) is -1.54. The first-order valence-corrected chi connectivity index (χ1v) is 10.4. The van der Waals surface area contributed by atoms with E-state index < -0.39 is 18.1 Å². The van der Waals surface area contributed by atoms with Crippen molar-refractivity contribution in [1.82, 2.24) is 20.1 Å². The SMILES string of the molecule is Cc1cc(C(=O)NC2CCCC(C(F)(F)F)C2)c2cnn(Cc3cccs3)c2n1. The molecular formula is C20H21F3N4OS. The minimum Gasteiger partial charge on any atom is -0.349 e. The second-order valence-corrected chi connectivity index (χ2v) is 8.54. The summed E-state index contributed by atoms with van der Waals surface area (Å²) in [7, 11) is 0. The van der Waals surface area contributed by atoms with Crippen molar-refractivity contribution in [1.29, 1.82) is 0 Å². The molecule has 29 heavy (non-hydrogen) atoms. The molecule has 0 aromatic carbocycles. The second kappa shape index (κ2) is 7.78. The van der Waals surface area contributed by atoms with Crippen LogP contribution in [0.25, 0.3) is 11.0 Å². The number of aryl methyl sites for hydroxylation is 1. The van der Waals surface area contributed by atoms with Gasteiger partial charge in [-0.1, -0.05) is 12.5 Å². The van der Waals surface area contributed by atoms with Crippen LogP contribution in [0.4, 0.5) is 13.2 Å². The molecule has 1 aliphatic rings. The van der Waals surface area contributed by atoms with Crippen molar-refractivity contribution >= 4 is 28.3 Å². The monoisotopic (exact) mass is 422 g/mol. The molecule has 0 saturated heterocycles. The van der Waals surface area contributed by atoms with E-state index in [1.165, 1.54) is 0 Å². The molecular weight excluding hydrogens is 401 g/mol. The number of nitrogens with one attached hydrogen (secondary N) is 1. The molecule has 1 amide bonds. The number of halogens is 3. The third-order valence-electron chi connectivity index (χ3n) is 5.34. The lowest BCUT2D eigenvalue weighted by atomic mass is 9.85. The Balaban J connectivity index is 1.57. The molecule has 0 aliphatic heterocycles. The van der Waals surface area contributed by atoms with Gasteiger partial charge in [0.2, 0.25) is 0 Å². The largest absolute Gasteiger partial charge is 0.391 e. The minimum atomic E-state index is -4.22. The Bertz CT molecular complexity index is 1010. The fourth-order valence-electron chi connectivity index (χ4n) is 3.91. The van der Waals surface area contributed by atoms with E-state index >= 15 is 0 Å². The molecule has 2 unspecified atom stereocenters. The Morgan fingerprint density at radius 3 is 2.93 bits per heavy atom. The van der Waals surface area contributed by atoms with Gasteiger partial charge in [0.15, 0.2) is 5.65 Å². The fraction of sp³-hybridized carbons (Fsp3) is 0.450. The average molecular weight is 422 g/mol. The van der Waals surface area contributed by atoms with Gasteiger partial charge in [-0.25, -0.2) is 9.67 Å². The molecule has 154 valence electrons. The van der Waals surface area contributed by atoms with Crippen LogP contribution in [0.1, 0.15) is 46.6 Å². The molecule has 1 N–H and O–H groups in total. The molecule has 3 heterocycles. The van der Waals surface area contributed by atoms with Gasteiger partial charge in [0.05, 0.1) is 29.6 Å². The van der Waals surface area contributed by atoms with Gasteiger partial charge < -0.3 is 5.32 Å².